The van der Waals surface area contributed by atoms with Crippen LogP contribution in [0.5, 0.6) is 0 Å². The van der Waals surface area contributed by atoms with Crippen LogP contribution in [0.1, 0.15) is 25.3 Å². The lowest BCUT2D eigenvalue weighted by atomic mass is 10.1. The van der Waals surface area contributed by atoms with Crippen molar-refractivity contribution in [3.8, 4) is 0 Å². The van der Waals surface area contributed by atoms with Crippen LogP contribution < -0.4 is 16.4 Å². The zero-order valence-electron chi connectivity index (χ0n) is 13.7. The van der Waals surface area contributed by atoms with Crippen LogP contribution in [0.4, 0.5) is 4.79 Å². The highest BCUT2D eigenvalue weighted by molar-refractivity contribution is 5.89. The summed E-state index contributed by atoms with van der Waals surface area (Å²) in [6, 6.07) is 6.62. The number of nitrogens with two attached hydrogens (primary N) is 1. The van der Waals surface area contributed by atoms with Gasteiger partial charge in [0, 0.05) is 6.42 Å². The third-order valence-electron chi connectivity index (χ3n) is 3.23. The van der Waals surface area contributed by atoms with Gasteiger partial charge in [0.05, 0.1) is 0 Å². The molecule has 1 aromatic carbocycles. The van der Waals surface area contributed by atoms with Gasteiger partial charge in [0.25, 0.3) is 0 Å². The van der Waals surface area contributed by atoms with E-state index in [0.717, 1.165) is 5.56 Å². The lowest BCUT2D eigenvalue weighted by Gasteiger charge is -2.19. The van der Waals surface area contributed by atoms with Crippen LogP contribution in [0.25, 0.3) is 0 Å². The zero-order valence-corrected chi connectivity index (χ0v) is 13.7. The molecule has 1 aromatic rings. The second-order valence-corrected chi connectivity index (χ2v) is 5.33. The maximum absolute atomic E-state index is 12.1. The van der Waals surface area contributed by atoms with E-state index in [0.29, 0.717) is 0 Å². The molecule has 0 aliphatic rings. The number of hydrogen-bond acceptors (Lipinski definition) is 5. The van der Waals surface area contributed by atoms with Crippen LogP contribution in [0.15, 0.2) is 30.3 Å². The maximum Gasteiger partial charge on any atom is 0.408 e. The topological polar surface area (TPSA) is 148 Å². The van der Waals surface area contributed by atoms with Crippen molar-refractivity contribution in [2.75, 3.05) is 0 Å². The Labute approximate surface area is 144 Å². The quantitative estimate of drug-likeness (QED) is 0.497. The molecule has 0 saturated carbocycles. The predicted molar refractivity (Wildman–Crippen MR) is 87.2 cm³/mol. The van der Waals surface area contributed by atoms with E-state index in [2.05, 4.69) is 10.6 Å². The fourth-order valence-corrected chi connectivity index (χ4v) is 1.84. The monoisotopic (exact) mass is 351 g/mol. The molecule has 3 amide bonds. The van der Waals surface area contributed by atoms with Gasteiger partial charge < -0.3 is 26.2 Å². The first-order valence-electron chi connectivity index (χ1n) is 7.58. The van der Waals surface area contributed by atoms with Gasteiger partial charge in [-0.3, -0.25) is 14.4 Å². The molecule has 0 aliphatic carbocycles. The first-order chi connectivity index (χ1) is 11.8. The van der Waals surface area contributed by atoms with Crippen molar-refractivity contribution in [2.45, 2.75) is 38.5 Å². The molecule has 1 rings (SSSR count). The van der Waals surface area contributed by atoms with Gasteiger partial charge in [-0.15, -0.1) is 0 Å². The Balaban J connectivity index is 2.61. The van der Waals surface area contributed by atoms with Crippen molar-refractivity contribution < 1.29 is 29.0 Å². The Kier molecular flexibility index (Phi) is 7.91. The minimum atomic E-state index is -1.23. The molecule has 2 atom stereocenters. The maximum atomic E-state index is 12.1. The molecule has 0 radical (unpaired) electrons. The summed E-state index contributed by atoms with van der Waals surface area (Å²) in [5.41, 5.74) is 5.81. The standard InChI is InChI=1S/C16H21N3O6/c1-10(15(22)23)18-14(21)12(7-8-13(17)20)19-16(24)25-9-11-5-3-2-4-6-11/h2-6,10,12H,7-9H2,1H3,(H2,17,20)(H,18,21)(H,19,24)(H,22,23)/t10-,12+/m1/s1. The number of nitrogens with one attached hydrogen (secondary N) is 2. The van der Waals surface area contributed by atoms with Crippen LogP contribution in [-0.4, -0.2) is 41.1 Å². The van der Waals surface area contributed by atoms with Crippen molar-refractivity contribution in [3.05, 3.63) is 35.9 Å². The van der Waals surface area contributed by atoms with Gasteiger partial charge in [0.2, 0.25) is 11.8 Å². The van der Waals surface area contributed by atoms with Crippen molar-refractivity contribution in [2.24, 2.45) is 5.73 Å². The molecule has 5 N–H and O–H groups in total. The number of aliphatic carboxylic acids is 1. The second-order valence-electron chi connectivity index (χ2n) is 5.33. The molecule has 9 heteroatoms. The van der Waals surface area contributed by atoms with Crippen molar-refractivity contribution >= 4 is 23.9 Å². The van der Waals surface area contributed by atoms with Crippen LogP contribution in [0.2, 0.25) is 0 Å². The third-order valence-corrected chi connectivity index (χ3v) is 3.23. The van der Waals surface area contributed by atoms with E-state index >= 15 is 0 Å². The van der Waals surface area contributed by atoms with Crippen molar-refractivity contribution in [1.29, 1.82) is 0 Å². The average Bonchev–Trinajstić information content (AvgIpc) is 2.57. The largest absolute Gasteiger partial charge is 0.480 e. The smallest absolute Gasteiger partial charge is 0.408 e. The van der Waals surface area contributed by atoms with Crippen LogP contribution in [-0.2, 0) is 25.7 Å². The first kappa shape index (κ1) is 19.9. The molecule has 0 saturated heterocycles. The molecule has 0 bridgehead atoms. The first-order valence-corrected chi connectivity index (χ1v) is 7.58. The average molecular weight is 351 g/mol. The number of benzene rings is 1. The number of carbonyl (C=O) groups excluding carboxylic acids is 3. The highest BCUT2D eigenvalue weighted by Gasteiger charge is 2.25. The van der Waals surface area contributed by atoms with Crippen LogP contribution >= 0.6 is 0 Å². The summed E-state index contributed by atoms with van der Waals surface area (Å²) in [5, 5.41) is 13.4. The molecule has 0 fully saturated rings. The Bertz CT molecular complexity index is 620. The van der Waals surface area contributed by atoms with Gasteiger partial charge in [-0.05, 0) is 18.9 Å². The number of amides is 3. The molecule has 9 nitrogen and oxygen atoms in total. The molecular weight excluding hydrogens is 330 g/mol. The van der Waals surface area contributed by atoms with Gasteiger partial charge in [-0.2, -0.15) is 0 Å². The predicted octanol–water partition coefficient (Wildman–Crippen LogP) is 0.136. The summed E-state index contributed by atoms with van der Waals surface area (Å²) >= 11 is 0. The van der Waals surface area contributed by atoms with E-state index in [1.807, 2.05) is 6.07 Å². The highest BCUT2D eigenvalue weighted by atomic mass is 16.5. The van der Waals surface area contributed by atoms with Gasteiger partial charge in [0.1, 0.15) is 18.7 Å². The SMILES string of the molecule is C[C@@H](NC(=O)[C@H](CCC(N)=O)NC(=O)OCc1ccccc1)C(=O)O. The number of rotatable bonds is 9. The molecule has 0 unspecified atom stereocenters. The Morgan fingerprint density at radius 1 is 1.16 bits per heavy atom. The molecular formula is C16H21N3O6. The molecule has 25 heavy (non-hydrogen) atoms. The van der Waals surface area contributed by atoms with Gasteiger partial charge in [-0.1, -0.05) is 30.3 Å². The van der Waals surface area contributed by atoms with E-state index in [1.54, 1.807) is 24.3 Å². The summed E-state index contributed by atoms with van der Waals surface area (Å²) in [6.45, 7) is 1.28. The van der Waals surface area contributed by atoms with E-state index < -0.39 is 36.0 Å². The number of carboxylic acids is 1. The minimum Gasteiger partial charge on any atom is -0.480 e. The number of ether oxygens (including phenoxy) is 1. The fraction of sp³-hybridized carbons (Fsp3) is 0.375. The fourth-order valence-electron chi connectivity index (χ4n) is 1.84. The molecule has 136 valence electrons. The van der Waals surface area contributed by atoms with Crippen LogP contribution in [0, 0.1) is 0 Å². The number of hydrogen-bond donors (Lipinski definition) is 4. The van der Waals surface area contributed by atoms with Gasteiger partial charge in [0.15, 0.2) is 0 Å². The third kappa shape index (κ3) is 7.82. The summed E-state index contributed by atoms with van der Waals surface area (Å²) in [5.74, 6) is -2.62. The lowest BCUT2D eigenvalue weighted by Crippen LogP contribution is -2.51. The van der Waals surface area contributed by atoms with E-state index in [9.17, 15) is 19.2 Å². The Hall–Kier alpha value is -3.10. The summed E-state index contributed by atoms with van der Waals surface area (Å²) in [7, 11) is 0. The highest BCUT2D eigenvalue weighted by Crippen LogP contribution is 2.03. The Morgan fingerprint density at radius 3 is 2.36 bits per heavy atom. The van der Waals surface area contributed by atoms with Gasteiger partial charge >= 0.3 is 12.1 Å². The summed E-state index contributed by atoms with van der Waals surface area (Å²) < 4.78 is 5.01. The molecule has 0 spiro atoms. The van der Waals surface area contributed by atoms with Crippen molar-refractivity contribution in [1.82, 2.24) is 10.6 Å². The molecule has 0 aliphatic heterocycles. The lowest BCUT2D eigenvalue weighted by molar-refractivity contribution is -0.141. The minimum absolute atomic E-state index is 0.00234. The molecule has 0 aromatic heterocycles. The number of alkyl carbamates (subject to hydrolysis) is 1. The van der Waals surface area contributed by atoms with Crippen molar-refractivity contribution in [3.63, 3.8) is 0 Å². The van der Waals surface area contributed by atoms with Crippen LogP contribution in [0.3, 0.4) is 0 Å². The summed E-state index contributed by atoms with van der Waals surface area (Å²) in [6.07, 6.45) is -1.09. The Morgan fingerprint density at radius 2 is 1.80 bits per heavy atom. The van der Waals surface area contributed by atoms with E-state index in [1.165, 1.54) is 6.92 Å². The van der Waals surface area contributed by atoms with E-state index in [4.69, 9.17) is 15.6 Å². The molecule has 0 heterocycles. The number of carbonyl (C=O) groups is 4. The second kappa shape index (κ2) is 9.91. The summed E-state index contributed by atoms with van der Waals surface area (Å²) in [4.78, 5) is 45.6. The number of carboxylic acid groups (broad SMARTS) is 1. The normalized spacial score (nSPS) is 12.5. The van der Waals surface area contributed by atoms with Gasteiger partial charge in [-0.25, -0.2) is 4.79 Å². The van der Waals surface area contributed by atoms with E-state index in [-0.39, 0.29) is 19.4 Å². The number of primary amides is 1. The zero-order chi connectivity index (χ0) is 18.8.